The first-order valence-corrected chi connectivity index (χ1v) is 10.3. The third kappa shape index (κ3) is 3.16. The lowest BCUT2D eigenvalue weighted by atomic mass is 9.97. The fourth-order valence-corrected chi connectivity index (χ4v) is 4.13. The van der Waals surface area contributed by atoms with Crippen LogP contribution in [0.15, 0.2) is 47.0 Å². The normalized spacial score (nSPS) is 15.2. The fourth-order valence-electron chi connectivity index (χ4n) is 4.13. The van der Waals surface area contributed by atoms with Gasteiger partial charge in [-0.25, -0.2) is 4.98 Å². The number of benzene rings is 1. The minimum atomic E-state index is 0.218. The van der Waals surface area contributed by atoms with Gasteiger partial charge in [-0.3, -0.25) is 0 Å². The van der Waals surface area contributed by atoms with E-state index in [2.05, 4.69) is 48.7 Å². The van der Waals surface area contributed by atoms with Crippen molar-refractivity contribution in [2.24, 2.45) is 0 Å². The third-order valence-corrected chi connectivity index (χ3v) is 5.82. The van der Waals surface area contributed by atoms with E-state index in [1.165, 1.54) is 4.63 Å². The van der Waals surface area contributed by atoms with Crippen LogP contribution in [0.2, 0.25) is 0 Å². The van der Waals surface area contributed by atoms with Crippen molar-refractivity contribution < 1.29 is 4.52 Å². The lowest BCUT2D eigenvalue weighted by Gasteiger charge is -2.30. The van der Waals surface area contributed by atoms with Crippen LogP contribution in [0.5, 0.6) is 0 Å². The molecule has 0 aliphatic carbocycles. The smallest absolute Gasteiger partial charge is 0.230 e. The van der Waals surface area contributed by atoms with Crippen LogP contribution in [0.1, 0.15) is 30.2 Å². The molecule has 6 rings (SSSR count). The highest BCUT2D eigenvalue weighted by Crippen LogP contribution is 2.30. The van der Waals surface area contributed by atoms with Crippen molar-refractivity contribution in [2.75, 3.05) is 18.0 Å². The maximum atomic E-state index is 5.63. The van der Waals surface area contributed by atoms with Gasteiger partial charge < -0.3 is 9.42 Å². The molecule has 1 aliphatic rings. The number of rotatable bonds is 3. The van der Waals surface area contributed by atoms with Gasteiger partial charge in [0.05, 0.1) is 5.52 Å². The van der Waals surface area contributed by atoms with Gasteiger partial charge >= 0.3 is 0 Å². The van der Waals surface area contributed by atoms with Crippen LogP contribution in [0, 0.1) is 6.92 Å². The quantitative estimate of drug-likeness (QED) is 0.441. The number of aromatic nitrogens is 8. The highest BCUT2D eigenvalue weighted by molar-refractivity contribution is 5.84. The van der Waals surface area contributed by atoms with Crippen LogP contribution in [-0.4, -0.2) is 53.5 Å². The van der Waals surface area contributed by atoms with Crippen LogP contribution in [0.3, 0.4) is 0 Å². The number of pyridine rings is 1. The Morgan fingerprint density at radius 3 is 2.81 bits per heavy atom. The molecule has 1 saturated heterocycles. The summed E-state index contributed by atoms with van der Waals surface area (Å²) in [7, 11) is 0. The predicted molar refractivity (Wildman–Crippen MR) is 113 cm³/mol. The SMILES string of the molecule is Cc1cc(-c2noc(C3CCN(c4ccc5nnnn5n4)CC3)n2)nc2ccccc12. The highest BCUT2D eigenvalue weighted by atomic mass is 16.5. The van der Waals surface area contributed by atoms with Crippen molar-refractivity contribution in [1.29, 1.82) is 0 Å². The van der Waals surface area contributed by atoms with Gasteiger partial charge in [0, 0.05) is 24.4 Å². The van der Waals surface area contributed by atoms with Crippen molar-refractivity contribution in [3.05, 3.63) is 53.9 Å². The molecule has 0 atom stereocenters. The van der Waals surface area contributed by atoms with Crippen LogP contribution in [0.25, 0.3) is 28.1 Å². The monoisotopic (exact) mass is 413 g/mol. The maximum absolute atomic E-state index is 5.63. The topological polar surface area (TPSA) is 111 Å². The third-order valence-electron chi connectivity index (χ3n) is 5.82. The van der Waals surface area contributed by atoms with Crippen molar-refractivity contribution >= 4 is 22.4 Å². The predicted octanol–water partition coefficient (Wildman–Crippen LogP) is 2.81. The van der Waals surface area contributed by atoms with Crippen LogP contribution < -0.4 is 4.90 Å². The number of fused-ring (bicyclic) bond motifs is 2. The maximum Gasteiger partial charge on any atom is 0.230 e. The van der Waals surface area contributed by atoms with E-state index in [0.29, 0.717) is 17.4 Å². The van der Waals surface area contributed by atoms with Crippen LogP contribution in [-0.2, 0) is 0 Å². The Morgan fingerprint density at radius 1 is 1.03 bits per heavy atom. The molecule has 1 aromatic carbocycles. The van der Waals surface area contributed by atoms with Gasteiger partial charge in [-0.1, -0.05) is 23.4 Å². The van der Waals surface area contributed by atoms with Gasteiger partial charge in [0.15, 0.2) is 11.5 Å². The second kappa shape index (κ2) is 7.08. The van der Waals surface area contributed by atoms with Gasteiger partial charge in [0.25, 0.3) is 0 Å². The Kier molecular flexibility index (Phi) is 4.08. The standard InChI is InChI=1S/C21H19N9O/c1-13-12-17(22-16-5-3-2-4-15(13)16)20-23-21(31-26-20)14-8-10-29(11-9-14)19-7-6-18-24-27-28-30(18)25-19/h2-7,12,14H,8-11H2,1H3. The Labute approximate surface area is 176 Å². The molecule has 0 N–H and O–H groups in total. The number of anilines is 1. The molecule has 10 heteroatoms. The zero-order valence-electron chi connectivity index (χ0n) is 16.9. The number of nitrogens with zero attached hydrogens (tertiary/aromatic N) is 9. The van der Waals surface area contributed by atoms with Gasteiger partial charge in [-0.05, 0) is 60.0 Å². The molecular weight excluding hydrogens is 394 g/mol. The van der Waals surface area contributed by atoms with Crippen molar-refractivity contribution in [3.63, 3.8) is 0 Å². The molecule has 0 saturated carbocycles. The first-order chi connectivity index (χ1) is 15.2. The summed E-state index contributed by atoms with van der Waals surface area (Å²) in [4.78, 5) is 11.6. The van der Waals surface area contributed by atoms with E-state index < -0.39 is 0 Å². The molecule has 1 fully saturated rings. The van der Waals surface area contributed by atoms with Crippen molar-refractivity contribution in [3.8, 4) is 11.5 Å². The largest absolute Gasteiger partial charge is 0.355 e. The average molecular weight is 413 g/mol. The Hall–Kier alpha value is -3.95. The average Bonchev–Trinajstić information content (AvgIpc) is 3.49. The zero-order valence-corrected chi connectivity index (χ0v) is 16.9. The number of hydrogen-bond donors (Lipinski definition) is 0. The van der Waals surface area contributed by atoms with E-state index in [1.807, 2.05) is 36.4 Å². The molecule has 31 heavy (non-hydrogen) atoms. The molecule has 5 aromatic rings. The molecule has 4 aromatic heterocycles. The molecule has 0 radical (unpaired) electrons. The molecule has 0 amide bonds. The van der Waals surface area contributed by atoms with E-state index in [-0.39, 0.29) is 5.92 Å². The van der Waals surface area contributed by atoms with Crippen molar-refractivity contribution in [1.82, 2.24) is 40.4 Å². The number of tetrazole rings is 1. The first-order valence-electron chi connectivity index (χ1n) is 10.3. The molecule has 1 aliphatic heterocycles. The van der Waals surface area contributed by atoms with Crippen LogP contribution >= 0.6 is 0 Å². The second-order valence-electron chi connectivity index (χ2n) is 7.78. The highest BCUT2D eigenvalue weighted by Gasteiger charge is 2.26. The summed E-state index contributed by atoms with van der Waals surface area (Å²) in [6.07, 6.45) is 1.81. The Morgan fingerprint density at radius 2 is 1.90 bits per heavy atom. The van der Waals surface area contributed by atoms with E-state index in [4.69, 9.17) is 9.51 Å². The van der Waals surface area contributed by atoms with E-state index >= 15 is 0 Å². The summed E-state index contributed by atoms with van der Waals surface area (Å²) in [5.41, 5.74) is 3.45. The van der Waals surface area contributed by atoms with E-state index in [1.54, 1.807) is 0 Å². The van der Waals surface area contributed by atoms with Crippen molar-refractivity contribution in [2.45, 2.75) is 25.7 Å². The zero-order chi connectivity index (χ0) is 20.8. The van der Waals surface area contributed by atoms with Gasteiger partial charge in [-0.2, -0.15) is 4.98 Å². The fraction of sp³-hybridized carbons (Fsp3) is 0.286. The van der Waals surface area contributed by atoms with E-state index in [0.717, 1.165) is 53.9 Å². The number of para-hydroxylation sites is 1. The second-order valence-corrected chi connectivity index (χ2v) is 7.78. The van der Waals surface area contributed by atoms with E-state index in [9.17, 15) is 0 Å². The summed E-state index contributed by atoms with van der Waals surface area (Å²) < 4.78 is 7.08. The molecule has 0 spiro atoms. The summed E-state index contributed by atoms with van der Waals surface area (Å²) in [6.45, 7) is 3.76. The van der Waals surface area contributed by atoms with Gasteiger partial charge in [0.2, 0.25) is 11.7 Å². The lowest BCUT2D eigenvalue weighted by Crippen LogP contribution is -2.33. The Balaban J connectivity index is 1.20. The molecule has 154 valence electrons. The van der Waals surface area contributed by atoms with Crippen LogP contribution in [0.4, 0.5) is 5.82 Å². The van der Waals surface area contributed by atoms with Gasteiger partial charge in [-0.15, -0.1) is 14.8 Å². The number of aryl methyl sites for hydroxylation is 1. The summed E-state index contributed by atoms with van der Waals surface area (Å²) in [5, 5.41) is 21.2. The molecule has 0 unspecified atom stereocenters. The van der Waals surface area contributed by atoms with Gasteiger partial charge in [0.1, 0.15) is 5.69 Å². The lowest BCUT2D eigenvalue weighted by molar-refractivity contribution is 0.329. The molecule has 0 bridgehead atoms. The Bertz CT molecular complexity index is 1380. The number of piperidine rings is 1. The molecular formula is C21H19N9O. The summed E-state index contributed by atoms with van der Waals surface area (Å²) in [6, 6.07) is 13.9. The number of hydrogen-bond acceptors (Lipinski definition) is 9. The first kappa shape index (κ1) is 17.9. The minimum absolute atomic E-state index is 0.218. The summed E-state index contributed by atoms with van der Waals surface area (Å²) >= 11 is 0. The molecule has 5 heterocycles. The minimum Gasteiger partial charge on any atom is -0.355 e. The summed E-state index contributed by atoms with van der Waals surface area (Å²) in [5.74, 6) is 2.29. The molecule has 10 nitrogen and oxygen atoms in total.